The average Bonchev–Trinajstić information content (AvgIpc) is 1.22. The van der Waals surface area contributed by atoms with Gasteiger partial charge in [0.15, 0.2) is 11.6 Å². The summed E-state index contributed by atoms with van der Waals surface area (Å²) in [6.45, 7) is 0. The molecule has 14 nitrogen and oxygen atoms in total. The molecule has 10 aromatic carbocycles. The van der Waals surface area contributed by atoms with Gasteiger partial charge in [0.25, 0.3) is 5.56 Å². The van der Waals surface area contributed by atoms with Gasteiger partial charge >= 0.3 is 0 Å². The first-order chi connectivity index (χ1) is 43.3. The Bertz CT molecular complexity index is 4680. The summed E-state index contributed by atoms with van der Waals surface area (Å²) < 4.78 is 123. The number of hydrogen-bond acceptors (Lipinski definition) is 13. The molecular weight excluding hydrogens is 1200 g/mol. The molecule has 2 N–H and O–H groups in total. The summed E-state index contributed by atoms with van der Waals surface area (Å²) in [4.78, 5) is 43.1. The lowest BCUT2D eigenvalue weighted by Crippen LogP contribution is -2.02. The maximum absolute atomic E-state index is 13.1. The van der Waals surface area contributed by atoms with Gasteiger partial charge in [-0.15, -0.1) is 0 Å². The number of aromatic nitrogens is 2. The van der Waals surface area contributed by atoms with E-state index < -0.39 is 42.9 Å². The Morgan fingerprint density at radius 2 is 0.744 bits per heavy atom. The number of aromatic amines is 1. The highest BCUT2D eigenvalue weighted by Crippen LogP contribution is 2.35. The minimum atomic E-state index is -3.72. The largest absolute Gasteiger partial charge is 0.507 e. The Morgan fingerprint density at radius 1 is 0.411 bits per heavy atom. The zero-order valence-corrected chi connectivity index (χ0v) is 49.1. The van der Waals surface area contributed by atoms with Crippen molar-refractivity contribution >= 4 is 53.0 Å². The van der Waals surface area contributed by atoms with Gasteiger partial charge in [0.2, 0.25) is 25.6 Å². The number of pyridine rings is 2. The van der Waals surface area contributed by atoms with Crippen LogP contribution in [0.2, 0.25) is 0 Å². The number of H-pyrrole nitrogens is 1. The number of hydrogen-bond donors (Lipinski definition) is 2. The van der Waals surface area contributed by atoms with Crippen LogP contribution in [0.4, 0.5) is 17.6 Å². The molecule has 90 heavy (non-hydrogen) atoms. The lowest BCUT2D eigenvalue weighted by Gasteiger charge is -2.12. The van der Waals surface area contributed by atoms with E-state index in [-0.39, 0.29) is 48.3 Å². The smallest absolute Gasteiger partial charge is 0.252 e. The Morgan fingerprint density at radius 3 is 1.18 bits per heavy atom. The monoisotopic (exact) mass is 1250 g/mol. The normalized spacial score (nSPS) is 10.9. The summed E-state index contributed by atoms with van der Waals surface area (Å²) in [6.07, 6.45) is 0. The molecule has 0 unspecified atom stereocenters. The SMILES string of the molecule is COc1ccc(C(=O)c2ccc(Oc3cc(Oc4ccc(S(=O)(=O)c5ccc(OC)cc5)cc4)nc4ccccc34)cc2)cc1.O=C(c1ccc(F)cc1)c1ccc(F)cc1.O=S(=O)(c1ccc(F)cc1)c1ccc(F)cc1.O=c1cc(O)c2ccccc2[nH]1. The van der Waals surface area contributed by atoms with E-state index in [0.29, 0.717) is 67.4 Å². The second kappa shape index (κ2) is 28.5. The van der Waals surface area contributed by atoms with E-state index in [9.17, 15) is 53.9 Å². The fraction of sp³-hybridized carbons (Fsp3) is 0.0286. The van der Waals surface area contributed by atoms with Gasteiger partial charge in [0.05, 0.1) is 44.8 Å². The van der Waals surface area contributed by atoms with Crippen LogP contribution in [0.1, 0.15) is 31.8 Å². The van der Waals surface area contributed by atoms with Crippen molar-refractivity contribution in [1.29, 1.82) is 0 Å². The Hall–Kier alpha value is -11.2. The molecule has 12 rings (SSSR count). The van der Waals surface area contributed by atoms with Crippen LogP contribution in [0.5, 0.6) is 40.4 Å². The summed E-state index contributed by atoms with van der Waals surface area (Å²) in [6, 6.07) is 63.1. The standard InChI is InChI=1S/C36H27NO7S.C13H8F2O.C12H8F2O2S.C9H7NO2/c1-41-26-11-7-24(8-12-26)36(38)25-9-13-28(14-10-25)43-34-23-35(37-33-6-4-3-5-32(33)34)44-29-17-21-31(22-18-29)45(39,40)30-19-15-27(42-2)16-20-30;14-11-5-1-9(2-6-11)13(16)10-3-7-12(15)8-4-10;13-9-1-5-11(6-2-9)17(15,16)12-7-3-10(14)4-8-12;11-8-5-9(12)10-7-4-2-1-3-6(7)8/h3-23H,1-2H3;1-8H;1-8H;1-5H,(H2,10,11,12). The number of nitrogens with one attached hydrogen (secondary N) is 1. The quantitative estimate of drug-likeness (QED) is 0.0591. The molecule has 2 heterocycles. The van der Waals surface area contributed by atoms with Crippen molar-refractivity contribution in [2.75, 3.05) is 14.2 Å². The second-order valence-electron chi connectivity index (χ2n) is 19.2. The highest BCUT2D eigenvalue weighted by Gasteiger charge is 2.20. The minimum absolute atomic E-state index is 0.0225. The molecule has 0 amide bonds. The van der Waals surface area contributed by atoms with E-state index in [1.54, 1.807) is 110 Å². The molecule has 0 atom stereocenters. The molecule has 0 radical (unpaired) electrons. The maximum atomic E-state index is 13.1. The van der Waals surface area contributed by atoms with Crippen LogP contribution in [-0.4, -0.2) is 57.7 Å². The van der Waals surface area contributed by atoms with Gasteiger partial charge in [0, 0.05) is 45.2 Å². The second-order valence-corrected chi connectivity index (χ2v) is 23.1. The molecular formula is C70H50F4N2O12S2. The number of para-hydroxylation sites is 2. The molecule has 0 bridgehead atoms. The molecule has 0 aliphatic carbocycles. The highest BCUT2D eigenvalue weighted by atomic mass is 32.2. The van der Waals surface area contributed by atoms with Gasteiger partial charge in [-0.3, -0.25) is 14.4 Å². The van der Waals surface area contributed by atoms with Crippen molar-refractivity contribution in [3.8, 4) is 40.4 Å². The fourth-order valence-electron chi connectivity index (χ4n) is 8.59. The van der Waals surface area contributed by atoms with Crippen LogP contribution in [0.25, 0.3) is 21.8 Å². The number of rotatable bonds is 14. The van der Waals surface area contributed by atoms with Crippen LogP contribution in [0.3, 0.4) is 0 Å². The lowest BCUT2D eigenvalue weighted by atomic mass is 10.0. The number of halogens is 4. The van der Waals surface area contributed by atoms with E-state index in [1.807, 2.05) is 24.3 Å². The van der Waals surface area contributed by atoms with Crippen LogP contribution >= 0.6 is 0 Å². The van der Waals surface area contributed by atoms with Gasteiger partial charge in [-0.2, -0.15) is 0 Å². The maximum Gasteiger partial charge on any atom is 0.252 e. The zero-order valence-electron chi connectivity index (χ0n) is 47.5. The summed E-state index contributed by atoms with van der Waals surface area (Å²) in [5.74, 6) is 0.794. The van der Waals surface area contributed by atoms with E-state index in [4.69, 9.17) is 18.9 Å². The summed E-state index contributed by atoms with van der Waals surface area (Å²) >= 11 is 0. The van der Waals surface area contributed by atoms with Crippen molar-refractivity contribution in [2.24, 2.45) is 0 Å². The molecule has 0 fully saturated rings. The van der Waals surface area contributed by atoms with E-state index >= 15 is 0 Å². The van der Waals surface area contributed by atoms with Crippen molar-refractivity contribution in [2.45, 2.75) is 19.6 Å². The van der Waals surface area contributed by atoms with Gasteiger partial charge in [0.1, 0.15) is 57.8 Å². The number of aromatic hydroxyl groups is 1. The van der Waals surface area contributed by atoms with Crippen molar-refractivity contribution in [3.63, 3.8) is 0 Å². The first-order valence-corrected chi connectivity index (χ1v) is 29.9. The number of ether oxygens (including phenoxy) is 4. The topological polar surface area (TPSA) is 205 Å². The van der Waals surface area contributed by atoms with Crippen LogP contribution < -0.4 is 24.5 Å². The van der Waals surface area contributed by atoms with Gasteiger partial charge in [-0.1, -0.05) is 24.3 Å². The minimum Gasteiger partial charge on any atom is -0.507 e. The highest BCUT2D eigenvalue weighted by molar-refractivity contribution is 7.91. The number of fused-ring (bicyclic) bond motifs is 2. The molecule has 0 aliphatic rings. The van der Waals surface area contributed by atoms with Gasteiger partial charge in [-0.25, -0.2) is 39.4 Å². The van der Waals surface area contributed by atoms with E-state index in [0.717, 1.165) is 29.7 Å². The van der Waals surface area contributed by atoms with Crippen molar-refractivity contribution in [1.82, 2.24) is 9.97 Å². The Labute approximate surface area is 513 Å². The third-order valence-corrected chi connectivity index (χ3v) is 16.8. The molecule has 12 aromatic rings. The van der Waals surface area contributed by atoms with Crippen LogP contribution in [0.15, 0.2) is 279 Å². The van der Waals surface area contributed by atoms with E-state index in [2.05, 4.69) is 9.97 Å². The average molecular weight is 1250 g/mol. The number of ketones is 2. The van der Waals surface area contributed by atoms with Gasteiger partial charge in [-0.05, 0) is 218 Å². The predicted octanol–water partition coefficient (Wildman–Crippen LogP) is 15.1. The molecule has 0 saturated carbocycles. The third-order valence-electron chi connectivity index (χ3n) is 13.3. The number of benzene rings is 10. The van der Waals surface area contributed by atoms with E-state index in [1.165, 1.54) is 110 Å². The summed E-state index contributed by atoms with van der Waals surface area (Å²) in [5, 5.41) is 10.8. The molecule has 20 heteroatoms. The van der Waals surface area contributed by atoms with Crippen molar-refractivity contribution in [3.05, 3.63) is 311 Å². The Balaban J connectivity index is 0.000000172. The number of nitrogens with zero attached hydrogens (tertiary/aromatic N) is 1. The molecule has 452 valence electrons. The Kier molecular flexibility index (Phi) is 20.1. The molecule has 2 aromatic heterocycles. The van der Waals surface area contributed by atoms with Crippen LogP contribution in [-0.2, 0) is 19.7 Å². The van der Waals surface area contributed by atoms with Gasteiger partial charge < -0.3 is 29.0 Å². The fourth-order valence-corrected chi connectivity index (χ4v) is 11.1. The number of methoxy groups -OCH3 is 2. The number of sulfone groups is 2. The summed E-state index contributed by atoms with van der Waals surface area (Å²) in [5.41, 5.74) is 2.86. The van der Waals surface area contributed by atoms with Crippen LogP contribution in [0, 0.1) is 23.3 Å². The first kappa shape index (κ1) is 63.3. The summed E-state index contributed by atoms with van der Waals surface area (Å²) in [7, 11) is -4.33. The third kappa shape index (κ3) is 15.9. The lowest BCUT2D eigenvalue weighted by molar-refractivity contribution is 0.103. The number of carbonyl (C=O) groups is 2. The molecule has 0 spiro atoms. The molecule has 0 aliphatic heterocycles. The predicted molar refractivity (Wildman–Crippen MR) is 330 cm³/mol. The van der Waals surface area contributed by atoms with Crippen molar-refractivity contribution < 1.29 is 68.0 Å². The first-order valence-electron chi connectivity index (χ1n) is 26.9. The zero-order chi connectivity index (χ0) is 64.0. The number of carbonyl (C=O) groups excluding carboxylic acids is 2. The molecule has 0 saturated heterocycles.